The van der Waals surface area contributed by atoms with Crippen molar-refractivity contribution in [3.05, 3.63) is 59.4 Å². The van der Waals surface area contributed by atoms with Crippen LogP contribution in [0.3, 0.4) is 0 Å². The van der Waals surface area contributed by atoms with Crippen LogP contribution in [-0.4, -0.2) is 15.3 Å². The van der Waals surface area contributed by atoms with Crippen LogP contribution in [-0.2, 0) is 13.1 Å². The summed E-state index contributed by atoms with van der Waals surface area (Å²) in [6.07, 6.45) is 1.82. The monoisotopic (exact) mass is 267 g/mol. The number of aromatic hydroxyl groups is 1. The lowest BCUT2D eigenvalue weighted by atomic mass is 10.0. The smallest absolute Gasteiger partial charge is 0.120 e. The highest BCUT2D eigenvalue weighted by atomic mass is 16.3. The van der Waals surface area contributed by atoms with Gasteiger partial charge < -0.3 is 10.4 Å². The number of rotatable bonds is 4. The molecule has 102 valence electrons. The number of benzene rings is 2. The van der Waals surface area contributed by atoms with Gasteiger partial charge in [-0.15, -0.1) is 0 Å². The van der Waals surface area contributed by atoms with Crippen LogP contribution < -0.4 is 5.32 Å². The van der Waals surface area contributed by atoms with Gasteiger partial charge in [0.2, 0.25) is 0 Å². The molecule has 0 unspecified atom stereocenters. The Morgan fingerprint density at radius 1 is 1.15 bits per heavy atom. The maximum absolute atomic E-state index is 10.1. The van der Waals surface area contributed by atoms with Gasteiger partial charge in [0, 0.05) is 29.9 Å². The van der Waals surface area contributed by atoms with Crippen LogP contribution in [0.15, 0.2) is 42.6 Å². The molecule has 1 aromatic heterocycles. The third-order valence-corrected chi connectivity index (χ3v) is 3.57. The summed E-state index contributed by atoms with van der Waals surface area (Å²) >= 11 is 0. The van der Waals surface area contributed by atoms with Crippen molar-refractivity contribution in [3.63, 3.8) is 0 Å². The number of aromatic amines is 1. The van der Waals surface area contributed by atoms with E-state index in [1.54, 1.807) is 6.07 Å². The molecule has 3 aromatic rings. The maximum Gasteiger partial charge on any atom is 0.120 e. The first-order chi connectivity index (χ1) is 9.75. The first-order valence-corrected chi connectivity index (χ1v) is 6.65. The lowest BCUT2D eigenvalue weighted by Crippen LogP contribution is -2.13. The summed E-state index contributed by atoms with van der Waals surface area (Å²) in [7, 11) is 0. The predicted molar refractivity (Wildman–Crippen MR) is 79.5 cm³/mol. The van der Waals surface area contributed by atoms with Crippen LogP contribution in [0.25, 0.3) is 10.8 Å². The number of hydrogen-bond donors (Lipinski definition) is 3. The van der Waals surface area contributed by atoms with Crippen molar-refractivity contribution < 1.29 is 5.11 Å². The molecule has 0 aliphatic rings. The fraction of sp³-hybridized carbons (Fsp3) is 0.188. The van der Waals surface area contributed by atoms with Gasteiger partial charge in [0.1, 0.15) is 5.75 Å². The molecule has 20 heavy (non-hydrogen) atoms. The second-order valence-corrected chi connectivity index (χ2v) is 4.91. The van der Waals surface area contributed by atoms with Gasteiger partial charge in [-0.25, -0.2) is 0 Å². The van der Waals surface area contributed by atoms with Crippen LogP contribution in [0.5, 0.6) is 5.75 Å². The normalized spacial score (nSPS) is 11.1. The number of aryl methyl sites for hydroxylation is 1. The molecule has 0 bridgehead atoms. The van der Waals surface area contributed by atoms with Crippen molar-refractivity contribution >= 4 is 10.8 Å². The zero-order valence-electron chi connectivity index (χ0n) is 11.4. The summed E-state index contributed by atoms with van der Waals surface area (Å²) in [5.41, 5.74) is 3.15. The third kappa shape index (κ3) is 2.38. The van der Waals surface area contributed by atoms with Gasteiger partial charge >= 0.3 is 0 Å². The number of hydrogen-bond acceptors (Lipinski definition) is 3. The lowest BCUT2D eigenvalue weighted by Gasteiger charge is -2.10. The first-order valence-electron chi connectivity index (χ1n) is 6.65. The molecule has 0 spiro atoms. The van der Waals surface area contributed by atoms with Crippen molar-refractivity contribution in [2.45, 2.75) is 20.0 Å². The van der Waals surface area contributed by atoms with Crippen molar-refractivity contribution in [1.82, 2.24) is 15.5 Å². The number of H-pyrrole nitrogens is 1. The Bertz CT molecular complexity index is 733. The van der Waals surface area contributed by atoms with Crippen molar-refractivity contribution in [2.24, 2.45) is 0 Å². The van der Waals surface area contributed by atoms with E-state index in [2.05, 4.69) is 21.6 Å². The van der Waals surface area contributed by atoms with E-state index in [1.807, 2.05) is 37.4 Å². The number of phenols is 1. The van der Waals surface area contributed by atoms with Crippen LogP contribution in [0.2, 0.25) is 0 Å². The Hall–Kier alpha value is -2.33. The Kier molecular flexibility index (Phi) is 3.39. The second kappa shape index (κ2) is 5.35. The molecule has 2 aromatic carbocycles. The third-order valence-electron chi connectivity index (χ3n) is 3.57. The van der Waals surface area contributed by atoms with Gasteiger partial charge in [-0.05, 0) is 23.8 Å². The molecular formula is C16H17N3O. The Morgan fingerprint density at radius 2 is 2.00 bits per heavy atom. The molecule has 0 amide bonds. The van der Waals surface area contributed by atoms with E-state index in [1.165, 1.54) is 0 Å². The van der Waals surface area contributed by atoms with Gasteiger partial charge in [0.25, 0.3) is 0 Å². The summed E-state index contributed by atoms with van der Waals surface area (Å²) in [4.78, 5) is 0. The largest absolute Gasteiger partial charge is 0.508 e. The molecular weight excluding hydrogens is 250 g/mol. The Morgan fingerprint density at radius 3 is 2.80 bits per heavy atom. The van der Waals surface area contributed by atoms with Crippen molar-refractivity contribution in [1.29, 1.82) is 0 Å². The van der Waals surface area contributed by atoms with E-state index in [9.17, 15) is 5.11 Å². The molecule has 3 rings (SSSR count). The molecule has 1 heterocycles. The second-order valence-electron chi connectivity index (χ2n) is 4.91. The van der Waals surface area contributed by atoms with Gasteiger partial charge in [-0.3, -0.25) is 5.10 Å². The van der Waals surface area contributed by atoms with E-state index in [0.717, 1.165) is 34.1 Å². The van der Waals surface area contributed by atoms with E-state index in [4.69, 9.17) is 0 Å². The first kappa shape index (κ1) is 12.7. The lowest BCUT2D eigenvalue weighted by molar-refractivity contribution is 0.466. The van der Waals surface area contributed by atoms with E-state index < -0.39 is 0 Å². The maximum atomic E-state index is 10.1. The SMILES string of the molecule is Cc1[nH]ncc1CNCc1c(O)ccc2ccccc12. The number of phenolic OH excluding ortho intramolecular Hbond substituents is 1. The minimum atomic E-state index is 0.333. The quantitative estimate of drug-likeness (QED) is 0.681. The van der Waals surface area contributed by atoms with Crippen molar-refractivity contribution in [2.75, 3.05) is 0 Å². The number of nitrogens with zero attached hydrogens (tertiary/aromatic N) is 1. The molecule has 0 aliphatic heterocycles. The molecule has 3 N–H and O–H groups in total. The highest BCUT2D eigenvalue weighted by molar-refractivity contribution is 5.87. The summed E-state index contributed by atoms with van der Waals surface area (Å²) in [6.45, 7) is 3.35. The summed E-state index contributed by atoms with van der Waals surface area (Å²) in [6, 6.07) is 11.8. The van der Waals surface area contributed by atoms with Crippen LogP contribution >= 0.6 is 0 Å². The fourth-order valence-corrected chi connectivity index (χ4v) is 2.39. The van der Waals surface area contributed by atoms with Crippen LogP contribution in [0.4, 0.5) is 0 Å². The molecule has 0 radical (unpaired) electrons. The zero-order chi connectivity index (χ0) is 13.9. The van der Waals surface area contributed by atoms with Crippen molar-refractivity contribution in [3.8, 4) is 5.75 Å². The number of aromatic nitrogens is 2. The van der Waals surface area contributed by atoms with E-state index in [0.29, 0.717) is 12.3 Å². The minimum absolute atomic E-state index is 0.333. The molecule has 0 saturated carbocycles. The highest BCUT2D eigenvalue weighted by Crippen LogP contribution is 2.26. The topological polar surface area (TPSA) is 60.9 Å². The average molecular weight is 267 g/mol. The van der Waals surface area contributed by atoms with Gasteiger partial charge in [-0.1, -0.05) is 30.3 Å². The molecule has 0 fully saturated rings. The predicted octanol–water partition coefficient (Wildman–Crippen LogP) is 2.87. The Balaban J connectivity index is 1.80. The zero-order valence-corrected chi connectivity index (χ0v) is 11.4. The Labute approximate surface area is 117 Å². The van der Waals surface area contributed by atoms with Gasteiger partial charge in [-0.2, -0.15) is 5.10 Å². The average Bonchev–Trinajstić information content (AvgIpc) is 2.87. The fourth-order valence-electron chi connectivity index (χ4n) is 2.39. The minimum Gasteiger partial charge on any atom is -0.508 e. The van der Waals surface area contributed by atoms with E-state index >= 15 is 0 Å². The van der Waals surface area contributed by atoms with Crippen LogP contribution in [0, 0.1) is 6.92 Å². The summed E-state index contributed by atoms with van der Waals surface area (Å²) in [5, 5.41) is 22.6. The molecule has 4 heteroatoms. The van der Waals surface area contributed by atoms with Gasteiger partial charge in [0.05, 0.1) is 6.20 Å². The summed E-state index contributed by atoms with van der Waals surface area (Å²) < 4.78 is 0. The van der Waals surface area contributed by atoms with Crippen LogP contribution in [0.1, 0.15) is 16.8 Å². The molecule has 0 atom stereocenters. The number of nitrogens with one attached hydrogen (secondary N) is 2. The standard InChI is InChI=1S/C16H17N3O/c1-11-13(9-18-19-11)8-17-10-15-14-5-3-2-4-12(14)6-7-16(15)20/h2-7,9,17,20H,8,10H2,1H3,(H,18,19). The molecule has 0 saturated heterocycles. The molecule has 4 nitrogen and oxygen atoms in total. The molecule has 0 aliphatic carbocycles. The van der Waals surface area contributed by atoms with Gasteiger partial charge in [0.15, 0.2) is 0 Å². The van der Waals surface area contributed by atoms with E-state index in [-0.39, 0.29) is 0 Å². The highest BCUT2D eigenvalue weighted by Gasteiger charge is 2.07. The number of fused-ring (bicyclic) bond motifs is 1. The summed E-state index contributed by atoms with van der Waals surface area (Å²) in [5.74, 6) is 0.333.